The summed E-state index contributed by atoms with van der Waals surface area (Å²) in [5.41, 5.74) is 0.572. The van der Waals surface area contributed by atoms with Gasteiger partial charge in [-0.2, -0.15) is 13.2 Å². The average molecular weight is 339 g/mol. The van der Waals surface area contributed by atoms with Crippen LogP contribution >= 0.6 is 23.2 Å². The zero-order valence-corrected chi connectivity index (χ0v) is 12.7. The van der Waals surface area contributed by atoms with Crippen molar-refractivity contribution in [2.24, 2.45) is 11.8 Å². The van der Waals surface area contributed by atoms with Crippen molar-refractivity contribution in [3.05, 3.63) is 33.8 Å². The summed E-state index contributed by atoms with van der Waals surface area (Å²) in [4.78, 5) is 12.2. The second-order valence-corrected chi connectivity index (χ2v) is 6.24. The van der Waals surface area contributed by atoms with Crippen molar-refractivity contribution in [3.63, 3.8) is 0 Å². The molecule has 2 atom stereocenters. The standard InChI is InChI=1S/C15H15Cl2F3O/c16-12-6-2-4-10(14(12)17)8-13(21)9-3-1-5-11(7-9)15(18,19)20/h2,4,6,9,11H,1,3,5,7-8H2. The highest BCUT2D eigenvalue weighted by molar-refractivity contribution is 6.42. The molecule has 2 rings (SSSR count). The lowest BCUT2D eigenvalue weighted by atomic mass is 9.78. The van der Waals surface area contributed by atoms with Crippen molar-refractivity contribution in [1.29, 1.82) is 0 Å². The van der Waals surface area contributed by atoms with E-state index in [1.807, 2.05) is 0 Å². The molecule has 0 spiro atoms. The fourth-order valence-electron chi connectivity index (χ4n) is 2.80. The molecular weight excluding hydrogens is 324 g/mol. The maximum Gasteiger partial charge on any atom is 0.391 e. The van der Waals surface area contributed by atoms with E-state index in [4.69, 9.17) is 23.2 Å². The first-order valence-corrected chi connectivity index (χ1v) is 7.57. The number of hydrogen-bond acceptors (Lipinski definition) is 1. The molecule has 0 N–H and O–H groups in total. The summed E-state index contributed by atoms with van der Waals surface area (Å²) < 4.78 is 38.3. The Labute approximate surface area is 131 Å². The van der Waals surface area contributed by atoms with Crippen LogP contribution in [0.1, 0.15) is 31.2 Å². The molecule has 0 aliphatic heterocycles. The molecular formula is C15H15Cl2F3O. The Morgan fingerprint density at radius 1 is 1.24 bits per heavy atom. The van der Waals surface area contributed by atoms with E-state index in [0.717, 1.165) is 0 Å². The molecule has 1 nitrogen and oxygen atoms in total. The number of benzene rings is 1. The number of rotatable bonds is 3. The zero-order valence-electron chi connectivity index (χ0n) is 11.2. The van der Waals surface area contributed by atoms with Crippen molar-refractivity contribution in [3.8, 4) is 0 Å². The second kappa shape index (κ2) is 6.57. The van der Waals surface area contributed by atoms with E-state index in [2.05, 4.69) is 0 Å². The Morgan fingerprint density at radius 3 is 2.62 bits per heavy atom. The number of ketones is 1. The van der Waals surface area contributed by atoms with Crippen LogP contribution in [0.15, 0.2) is 18.2 Å². The van der Waals surface area contributed by atoms with Gasteiger partial charge in [-0.05, 0) is 30.9 Å². The van der Waals surface area contributed by atoms with Gasteiger partial charge in [0.1, 0.15) is 5.78 Å². The number of hydrogen-bond donors (Lipinski definition) is 0. The van der Waals surface area contributed by atoms with E-state index in [0.29, 0.717) is 28.5 Å². The van der Waals surface area contributed by atoms with Gasteiger partial charge in [0, 0.05) is 12.3 Å². The highest BCUT2D eigenvalue weighted by atomic mass is 35.5. The molecule has 0 saturated heterocycles. The number of carbonyl (C=O) groups excluding carboxylic acids is 1. The van der Waals surface area contributed by atoms with Gasteiger partial charge in [-0.25, -0.2) is 0 Å². The Balaban J connectivity index is 2.05. The SMILES string of the molecule is O=C(Cc1cccc(Cl)c1Cl)C1CCCC(C(F)(F)F)C1. The molecule has 1 saturated carbocycles. The topological polar surface area (TPSA) is 17.1 Å². The zero-order chi connectivity index (χ0) is 15.6. The number of carbonyl (C=O) groups is 1. The molecule has 1 aliphatic rings. The maximum atomic E-state index is 12.8. The predicted molar refractivity (Wildman–Crippen MR) is 76.7 cm³/mol. The Bertz CT molecular complexity index is 528. The van der Waals surface area contributed by atoms with Crippen LogP contribution in [0.2, 0.25) is 10.0 Å². The van der Waals surface area contributed by atoms with Crippen LogP contribution in [0.4, 0.5) is 13.2 Å². The van der Waals surface area contributed by atoms with Crippen molar-refractivity contribution in [2.75, 3.05) is 0 Å². The molecule has 1 aromatic carbocycles. The van der Waals surface area contributed by atoms with Gasteiger partial charge in [0.15, 0.2) is 0 Å². The summed E-state index contributed by atoms with van der Waals surface area (Å²) in [5, 5.41) is 0.648. The van der Waals surface area contributed by atoms with E-state index in [-0.39, 0.29) is 25.0 Å². The maximum absolute atomic E-state index is 12.8. The van der Waals surface area contributed by atoms with Crippen LogP contribution in [0.25, 0.3) is 0 Å². The first kappa shape index (κ1) is 16.6. The van der Waals surface area contributed by atoms with Crippen LogP contribution in [0, 0.1) is 11.8 Å². The molecule has 21 heavy (non-hydrogen) atoms. The number of alkyl halides is 3. The van der Waals surface area contributed by atoms with Crippen molar-refractivity contribution < 1.29 is 18.0 Å². The Morgan fingerprint density at radius 2 is 1.95 bits per heavy atom. The van der Waals surface area contributed by atoms with E-state index in [9.17, 15) is 18.0 Å². The largest absolute Gasteiger partial charge is 0.391 e. The fraction of sp³-hybridized carbons (Fsp3) is 0.533. The van der Waals surface area contributed by atoms with E-state index >= 15 is 0 Å². The molecule has 2 unspecified atom stereocenters. The van der Waals surface area contributed by atoms with Gasteiger partial charge >= 0.3 is 6.18 Å². The number of Topliss-reactive ketones (excluding diaryl/α,β-unsaturated/α-hetero) is 1. The lowest BCUT2D eigenvalue weighted by Gasteiger charge is -2.29. The molecule has 0 bridgehead atoms. The number of halogens is 5. The molecule has 116 valence electrons. The Kier molecular flexibility index (Phi) is 5.20. The minimum atomic E-state index is -4.22. The minimum Gasteiger partial charge on any atom is -0.299 e. The second-order valence-electron chi connectivity index (χ2n) is 5.46. The first-order chi connectivity index (χ1) is 9.79. The van der Waals surface area contributed by atoms with Gasteiger partial charge in [0.2, 0.25) is 0 Å². The summed E-state index contributed by atoms with van der Waals surface area (Å²) in [7, 11) is 0. The molecule has 1 aromatic rings. The summed E-state index contributed by atoms with van der Waals surface area (Å²) in [6.45, 7) is 0. The van der Waals surface area contributed by atoms with Crippen LogP contribution in [0.3, 0.4) is 0 Å². The van der Waals surface area contributed by atoms with Crippen LogP contribution in [0.5, 0.6) is 0 Å². The molecule has 0 aromatic heterocycles. The normalized spacial score (nSPS) is 23.1. The first-order valence-electron chi connectivity index (χ1n) is 6.81. The lowest BCUT2D eigenvalue weighted by molar-refractivity contribution is -0.186. The monoisotopic (exact) mass is 338 g/mol. The predicted octanol–water partition coefficient (Wildman–Crippen LogP) is 5.47. The van der Waals surface area contributed by atoms with E-state index in [1.54, 1.807) is 18.2 Å². The molecule has 1 aliphatic carbocycles. The molecule has 6 heteroatoms. The van der Waals surface area contributed by atoms with E-state index in [1.165, 1.54) is 0 Å². The summed E-state index contributed by atoms with van der Waals surface area (Å²) >= 11 is 11.9. The highest BCUT2D eigenvalue weighted by Gasteiger charge is 2.43. The average Bonchev–Trinajstić information content (AvgIpc) is 2.43. The summed E-state index contributed by atoms with van der Waals surface area (Å²) in [5.74, 6) is -2.09. The van der Waals surface area contributed by atoms with E-state index < -0.39 is 18.0 Å². The molecule has 0 amide bonds. The third-order valence-electron chi connectivity index (χ3n) is 3.99. The van der Waals surface area contributed by atoms with Gasteiger partial charge in [-0.3, -0.25) is 4.79 Å². The fourth-order valence-corrected chi connectivity index (χ4v) is 3.18. The molecule has 0 radical (unpaired) electrons. The van der Waals surface area contributed by atoms with Crippen LogP contribution in [-0.2, 0) is 11.2 Å². The third-order valence-corrected chi connectivity index (χ3v) is 4.85. The van der Waals surface area contributed by atoms with Gasteiger partial charge in [-0.1, -0.05) is 41.8 Å². The van der Waals surface area contributed by atoms with Crippen molar-refractivity contribution >= 4 is 29.0 Å². The third kappa shape index (κ3) is 4.13. The molecule has 0 heterocycles. The van der Waals surface area contributed by atoms with Crippen molar-refractivity contribution in [1.82, 2.24) is 0 Å². The van der Waals surface area contributed by atoms with Gasteiger partial charge in [-0.15, -0.1) is 0 Å². The highest BCUT2D eigenvalue weighted by Crippen LogP contribution is 2.40. The van der Waals surface area contributed by atoms with Gasteiger partial charge < -0.3 is 0 Å². The smallest absolute Gasteiger partial charge is 0.299 e. The lowest BCUT2D eigenvalue weighted by Crippen LogP contribution is -2.32. The Hall–Kier alpha value is -0.740. The quantitative estimate of drug-likeness (QED) is 0.713. The summed E-state index contributed by atoms with van der Waals surface area (Å²) in [6.07, 6.45) is -3.22. The van der Waals surface area contributed by atoms with Crippen molar-refractivity contribution in [2.45, 2.75) is 38.3 Å². The minimum absolute atomic E-state index is 0.0363. The van der Waals surface area contributed by atoms with Gasteiger partial charge in [0.25, 0.3) is 0 Å². The van der Waals surface area contributed by atoms with Crippen LogP contribution < -0.4 is 0 Å². The molecule has 1 fully saturated rings. The van der Waals surface area contributed by atoms with Gasteiger partial charge in [0.05, 0.1) is 16.0 Å². The summed E-state index contributed by atoms with van der Waals surface area (Å²) in [6, 6.07) is 4.96. The van der Waals surface area contributed by atoms with Crippen LogP contribution in [-0.4, -0.2) is 12.0 Å².